The molecule has 68 valence electrons. The number of carboxylic acids is 1. The van der Waals surface area contributed by atoms with E-state index in [0.717, 1.165) is 6.92 Å². The predicted molar refractivity (Wildman–Crippen MR) is 28.2 cm³/mol. The molecule has 0 unspecified atom stereocenters. The van der Waals surface area contributed by atoms with Gasteiger partial charge >= 0.3 is 88.4 Å². The molecular weight excluding hydrogens is 472 g/mol. The normalized spacial score (nSPS) is 6.36. The monoisotopic (exact) mass is 475 g/mol. The van der Waals surface area contributed by atoms with Crippen LogP contribution in [-0.2, 0) is 34.6 Å². The Kier molecular flexibility index (Phi) is 61.7. The molecule has 0 bridgehead atoms. The summed E-state index contributed by atoms with van der Waals surface area (Å²) in [4.78, 5) is 8.89. The van der Waals surface area contributed by atoms with E-state index in [-0.39, 0.29) is 70.3 Å². The van der Waals surface area contributed by atoms with Crippen LogP contribution in [0.2, 0.25) is 0 Å². The van der Waals surface area contributed by atoms with Gasteiger partial charge in [-0.05, 0) is 6.92 Å². The zero-order valence-corrected chi connectivity index (χ0v) is 14.7. The molecule has 0 atom stereocenters. The standard InChI is InChI=1S/C2H4O2.3ClH.Co.HI.Na.Ru/c1-2(3)4;;;;;;;/h1H3,(H,3,4);3*1H;;1H;;/q;;;;+2;;+1;+3/p-5. The summed E-state index contributed by atoms with van der Waals surface area (Å²) in [6.07, 6.45) is 0. The van der Waals surface area contributed by atoms with E-state index in [1.54, 1.807) is 0 Å². The maximum Gasteiger partial charge on any atom is 2.00 e. The van der Waals surface area contributed by atoms with E-state index in [1.807, 2.05) is 0 Å². The summed E-state index contributed by atoms with van der Waals surface area (Å²) in [5.74, 6) is -1.08. The summed E-state index contributed by atoms with van der Waals surface area (Å²) in [5.41, 5.74) is 0. The van der Waals surface area contributed by atoms with Gasteiger partial charge < -0.3 is 33.9 Å². The van der Waals surface area contributed by atoms with Crippen molar-refractivity contribution >= 4 is 35.0 Å². The third kappa shape index (κ3) is 162. The zero-order chi connectivity index (χ0) is 7.15. The average Bonchev–Trinajstić information content (AvgIpc) is 1.25. The van der Waals surface area contributed by atoms with Gasteiger partial charge in [0.15, 0.2) is 0 Å². The Bertz CT molecular complexity index is 73.6. The van der Waals surface area contributed by atoms with E-state index in [0.29, 0.717) is 0 Å². The molecule has 0 aromatic carbocycles. The van der Waals surface area contributed by atoms with Crippen LogP contribution in [0.5, 0.6) is 0 Å². The van der Waals surface area contributed by atoms with Gasteiger partial charge in [-0.1, -0.05) is 0 Å². The molecule has 0 heterocycles. The van der Waals surface area contributed by atoms with E-state index < -0.39 is 18.9 Å². The quantitative estimate of drug-likeness (QED) is 0.260. The zero-order valence-electron chi connectivity index (χ0n) is 5.52. The van der Waals surface area contributed by atoms with Crippen molar-refractivity contribution in [3.63, 3.8) is 0 Å². The molecule has 0 aliphatic carbocycles. The Morgan fingerprint density at radius 3 is 1.36 bits per heavy atom. The van der Waals surface area contributed by atoms with Crippen LogP contribution >= 0.6 is 29.1 Å². The maximum atomic E-state index is 8.89. The molecule has 0 fully saturated rings. The van der Waals surface area contributed by atoms with Gasteiger partial charge in [0.1, 0.15) is 0 Å². The van der Waals surface area contributed by atoms with Gasteiger partial charge in [-0.3, -0.25) is 0 Å². The second-order valence-corrected chi connectivity index (χ2v) is 8.56. The van der Waals surface area contributed by atoms with Crippen molar-refractivity contribution in [2.45, 2.75) is 6.92 Å². The number of carbonyl (C=O) groups excluding carboxylic acids is 1. The van der Waals surface area contributed by atoms with E-state index in [4.69, 9.17) is 39.0 Å². The molecule has 11 heavy (non-hydrogen) atoms. The number of hydrogen-bond donors (Lipinski definition) is 0. The van der Waals surface area contributed by atoms with Crippen LogP contribution in [0.3, 0.4) is 0 Å². The van der Waals surface area contributed by atoms with Gasteiger partial charge in [0.2, 0.25) is 0 Å². The molecule has 0 aliphatic rings. The minimum absolute atomic E-state index is 0. The topological polar surface area (TPSA) is 40.1 Å². The Balaban J connectivity index is -0.0000000171. The number of aliphatic carboxylic acids is 1. The molecule has 0 aromatic rings. The first kappa shape index (κ1) is 29.2. The van der Waals surface area contributed by atoms with Gasteiger partial charge in [-0.15, -0.1) is 0 Å². The molecule has 0 saturated carbocycles. The van der Waals surface area contributed by atoms with Gasteiger partial charge in [0.05, 0.1) is 0 Å². The molecular formula is C2H3Cl3CoINaO2Ru+. The fourth-order valence-corrected chi connectivity index (χ4v) is 0. The third-order valence-corrected chi connectivity index (χ3v) is 0. The first-order valence-corrected chi connectivity index (χ1v) is 8.02. The fraction of sp³-hybridized carbons (Fsp3) is 0.500. The van der Waals surface area contributed by atoms with Crippen LogP contribution in [0, 0.1) is 0 Å². The summed E-state index contributed by atoms with van der Waals surface area (Å²) in [7, 11) is 14.8. The molecule has 1 radical (unpaired) electrons. The molecule has 2 nitrogen and oxygen atoms in total. The molecule has 0 rings (SSSR count). The van der Waals surface area contributed by atoms with E-state index in [2.05, 4.69) is 0 Å². The van der Waals surface area contributed by atoms with Crippen LogP contribution in [0.1, 0.15) is 6.92 Å². The minimum Gasteiger partial charge on any atom is -1.00 e. The second-order valence-electron chi connectivity index (χ2n) is 0.643. The van der Waals surface area contributed by atoms with E-state index in [1.165, 1.54) is 0 Å². The number of carboxylic acid groups (broad SMARTS) is 1. The summed E-state index contributed by atoms with van der Waals surface area (Å²) >= 11 is -1.75. The average molecular weight is 475 g/mol. The summed E-state index contributed by atoms with van der Waals surface area (Å²) in [6.45, 7) is 0.972. The number of carbonyl (C=O) groups is 1. The van der Waals surface area contributed by atoms with E-state index in [9.17, 15) is 0 Å². The van der Waals surface area contributed by atoms with Crippen molar-refractivity contribution in [2.24, 2.45) is 0 Å². The minimum atomic E-state index is -1.75. The molecule has 0 saturated heterocycles. The fourth-order valence-electron chi connectivity index (χ4n) is 0. The largest absolute Gasteiger partial charge is 2.00 e. The van der Waals surface area contributed by atoms with Crippen molar-refractivity contribution in [1.82, 2.24) is 0 Å². The Morgan fingerprint density at radius 2 is 1.36 bits per heavy atom. The van der Waals surface area contributed by atoms with Crippen LogP contribution in [0.25, 0.3) is 0 Å². The van der Waals surface area contributed by atoms with Crippen molar-refractivity contribution in [3.05, 3.63) is 0 Å². The van der Waals surface area contributed by atoms with Gasteiger partial charge in [-0.25, -0.2) is 0 Å². The Hall–Kier alpha value is 3.20. The van der Waals surface area contributed by atoms with Crippen LogP contribution in [0.15, 0.2) is 0 Å². The predicted octanol–water partition coefficient (Wildman–Crippen LogP) is -5.17. The van der Waals surface area contributed by atoms with Crippen LogP contribution in [-0.4, -0.2) is 5.97 Å². The first-order chi connectivity index (χ1) is 3.46. The van der Waals surface area contributed by atoms with Crippen molar-refractivity contribution in [1.29, 1.82) is 0 Å². The smallest absolute Gasteiger partial charge is 1.00 e. The van der Waals surface area contributed by atoms with Crippen LogP contribution in [0.4, 0.5) is 0 Å². The summed E-state index contributed by atoms with van der Waals surface area (Å²) < 4.78 is 0. The Morgan fingerprint density at radius 1 is 1.36 bits per heavy atom. The maximum absolute atomic E-state index is 8.89. The van der Waals surface area contributed by atoms with Crippen LogP contribution < -0.4 is 58.6 Å². The molecule has 0 amide bonds. The molecule has 0 N–H and O–H groups in total. The molecule has 0 aliphatic heterocycles. The van der Waals surface area contributed by atoms with Crippen molar-refractivity contribution in [3.8, 4) is 0 Å². The summed E-state index contributed by atoms with van der Waals surface area (Å²) in [5, 5.41) is 8.89. The van der Waals surface area contributed by atoms with Crippen molar-refractivity contribution < 1.29 is 93.2 Å². The molecule has 0 spiro atoms. The Labute approximate surface area is 133 Å². The van der Waals surface area contributed by atoms with Gasteiger partial charge in [0, 0.05) is 5.97 Å². The molecule has 0 aromatic heterocycles. The van der Waals surface area contributed by atoms with Gasteiger partial charge in [0.25, 0.3) is 0 Å². The number of halogens is 4. The third-order valence-electron chi connectivity index (χ3n) is 0. The SMILES string of the molecule is CC(=O)[O-].[Cl][Ru]([Cl])[Cl].[Co+2].[I-].[Na+]. The number of rotatable bonds is 0. The second kappa shape index (κ2) is 23.2. The van der Waals surface area contributed by atoms with Gasteiger partial charge in [-0.2, -0.15) is 0 Å². The summed E-state index contributed by atoms with van der Waals surface area (Å²) in [6, 6.07) is 0. The first-order valence-electron chi connectivity index (χ1n) is 1.31. The van der Waals surface area contributed by atoms with Crippen molar-refractivity contribution in [2.75, 3.05) is 0 Å². The van der Waals surface area contributed by atoms with E-state index >= 15 is 0 Å². The molecule has 9 heteroatoms. The number of hydrogen-bond acceptors (Lipinski definition) is 2.